The molecular formula is C19H18O6. The first-order valence-corrected chi connectivity index (χ1v) is 7.97. The van der Waals surface area contributed by atoms with Gasteiger partial charge in [0, 0.05) is 17.0 Å². The lowest BCUT2D eigenvalue weighted by atomic mass is 9.81. The highest BCUT2D eigenvalue weighted by Gasteiger charge is 2.42. The van der Waals surface area contributed by atoms with Crippen molar-refractivity contribution in [2.24, 2.45) is 0 Å². The maximum Gasteiger partial charge on any atom is 0.204 e. The van der Waals surface area contributed by atoms with Gasteiger partial charge in [0.1, 0.15) is 28.6 Å². The van der Waals surface area contributed by atoms with Crippen LogP contribution in [-0.4, -0.2) is 23.4 Å². The first-order chi connectivity index (χ1) is 11.8. The fraction of sp³-hybridized carbons (Fsp3) is 0.316. The quantitative estimate of drug-likeness (QED) is 0.659. The normalized spacial score (nSPS) is 18.3. The molecule has 0 fully saturated rings. The van der Waals surface area contributed by atoms with E-state index in [4.69, 9.17) is 13.9 Å². The Kier molecular flexibility index (Phi) is 3.01. The minimum Gasteiger partial charge on any atom is -0.507 e. The Morgan fingerprint density at radius 2 is 1.92 bits per heavy atom. The maximum absolute atomic E-state index is 12.9. The summed E-state index contributed by atoms with van der Waals surface area (Å²) in [6, 6.07) is 4.45. The highest BCUT2D eigenvalue weighted by atomic mass is 16.5. The average molecular weight is 342 g/mol. The van der Waals surface area contributed by atoms with Gasteiger partial charge >= 0.3 is 0 Å². The summed E-state index contributed by atoms with van der Waals surface area (Å²) >= 11 is 0. The van der Waals surface area contributed by atoms with Gasteiger partial charge in [-0.1, -0.05) is 13.8 Å². The second-order valence-electron chi connectivity index (χ2n) is 6.88. The number of hydrogen-bond donors (Lipinski definition) is 2. The van der Waals surface area contributed by atoms with Gasteiger partial charge in [-0.2, -0.15) is 0 Å². The molecule has 1 atom stereocenters. The summed E-state index contributed by atoms with van der Waals surface area (Å²) in [5.41, 5.74) is 0.114. The van der Waals surface area contributed by atoms with E-state index in [9.17, 15) is 15.0 Å². The monoisotopic (exact) mass is 342 g/mol. The Hall–Kier alpha value is -2.89. The van der Waals surface area contributed by atoms with Crippen LogP contribution in [0, 0.1) is 0 Å². The van der Waals surface area contributed by atoms with E-state index in [-0.39, 0.29) is 45.3 Å². The first-order valence-electron chi connectivity index (χ1n) is 7.97. The summed E-state index contributed by atoms with van der Waals surface area (Å²) < 4.78 is 16.9. The van der Waals surface area contributed by atoms with Crippen LogP contribution in [0.5, 0.6) is 23.0 Å². The molecule has 1 aromatic heterocycles. The molecule has 2 aromatic carbocycles. The van der Waals surface area contributed by atoms with Crippen LogP contribution < -0.4 is 14.9 Å². The summed E-state index contributed by atoms with van der Waals surface area (Å²) in [6.45, 7) is 5.88. The molecule has 0 saturated heterocycles. The molecular weight excluding hydrogens is 324 g/mol. The van der Waals surface area contributed by atoms with Crippen LogP contribution in [0.1, 0.15) is 26.3 Å². The molecule has 130 valence electrons. The van der Waals surface area contributed by atoms with Crippen molar-refractivity contribution in [2.45, 2.75) is 32.3 Å². The zero-order valence-electron chi connectivity index (χ0n) is 14.3. The first kappa shape index (κ1) is 15.6. The predicted molar refractivity (Wildman–Crippen MR) is 93.0 cm³/mol. The van der Waals surface area contributed by atoms with E-state index in [1.807, 2.05) is 20.8 Å². The van der Waals surface area contributed by atoms with Gasteiger partial charge in [0.15, 0.2) is 11.3 Å². The van der Waals surface area contributed by atoms with Crippen molar-refractivity contribution in [3.05, 3.63) is 34.0 Å². The number of fused-ring (bicyclic) bond motifs is 4. The van der Waals surface area contributed by atoms with Gasteiger partial charge in [-0.3, -0.25) is 4.79 Å². The molecule has 1 aliphatic rings. The topological polar surface area (TPSA) is 89.1 Å². The molecule has 4 rings (SSSR count). The summed E-state index contributed by atoms with van der Waals surface area (Å²) in [5, 5.41) is 21.0. The van der Waals surface area contributed by atoms with Gasteiger partial charge in [0.2, 0.25) is 11.2 Å². The van der Waals surface area contributed by atoms with E-state index in [1.54, 1.807) is 0 Å². The molecule has 6 heteroatoms. The van der Waals surface area contributed by atoms with Gasteiger partial charge in [0.05, 0.1) is 12.5 Å². The van der Waals surface area contributed by atoms with Crippen LogP contribution in [0.3, 0.4) is 0 Å². The third-order valence-electron chi connectivity index (χ3n) is 5.18. The van der Waals surface area contributed by atoms with Crippen molar-refractivity contribution < 1.29 is 24.1 Å². The second-order valence-corrected chi connectivity index (χ2v) is 6.88. The number of phenols is 2. The molecule has 2 N–H and O–H groups in total. The molecule has 6 nitrogen and oxygen atoms in total. The second kappa shape index (κ2) is 4.81. The van der Waals surface area contributed by atoms with E-state index in [0.29, 0.717) is 11.3 Å². The number of hydrogen-bond acceptors (Lipinski definition) is 6. The lowest BCUT2D eigenvalue weighted by molar-refractivity contribution is 0.185. The molecule has 0 amide bonds. The number of ether oxygens (including phenoxy) is 2. The average Bonchev–Trinajstić information content (AvgIpc) is 2.77. The van der Waals surface area contributed by atoms with Crippen LogP contribution in [0.4, 0.5) is 0 Å². The highest BCUT2D eigenvalue weighted by molar-refractivity contribution is 5.98. The molecule has 0 aliphatic carbocycles. The van der Waals surface area contributed by atoms with E-state index in [0.717, 1.165) is 0 Å². The van der Waals surface area contributed by atoms with Crippen LogP contribution in [0.25, 0.3) is 21.9 Å². The fourth-order valence-electron chi connectivity index (χ4n) is 3.42. The molecule has 2 heterocycles. The Bertz CT molecular complexity index is 1090. The van der Waals surface area contributed by atoms with Gasteiger partial charge in [-0.05, 0) is 19.1 Å². The van der Waals surface area contributed by atoms with Crippen molar-refractivity contribution in [1.82, 2.24) is 0 Å². The Morgan fingerprint density at radius 3 is 2.60 bits per heavy atom. The molecule has 0 spiro atoms. The maximum atomic E-state index is 12.9. The fourth-order valence-corrected chi connectivity index (χ4v) is 3.42. The minimum atomic E-state index is -0.431. The number of methoxy groups -OCH3 is 1. The number of aromatic hydroxyl groups is 2. The predicted octanol–water partition coefficient (Wildman–Crippen LogP) is 3.42. The van der Waals surface area contributed by atoms with Crippen molar-refractivity contribution >= 4 is 21.9 Å². The number of benzene rings is 2. The van der Waals surface area contributed by atoms with Crippen molar-refractivity contribution in [3.8, 4) is 23.0 Å². The lowest BCUT2D eigenvalue weighted by Crippen LogP contribution is -2.29. The molecule has 0 unspecified atom stereocenters. The molecule has 0 bridgehead atoms. The summed E-state index contributed by atoms with van der Waals surface area (Å²) in [7, 11) is 1.42. The molecule has 1 aliphatic heterocycles. The molecule has 0 radical (unpaired) electrons. The third kappa shape index (κ3) is 1.88. The van der Waals surface area contributed by atoms with E-state index in [1.165, 1.54) is 25.3 Å². The van der Waals surface area contributed by atoms with Crippen molar-refractivity contribution in [2.75, 3.05) is 7.11 Å². The zero-order chi connectivity index (χ0) is 18.1. The summed E-state index contributed by atoms with van der Waals surface area (Å²) in [4.78, 5) is 12.9. The van der Waals surface area contributed by atoms with Gasteiger partial charge in [-0.25, -0.2) is 0 Å². The Labute approximate surface area is 143 Å². The Morgan fingerprint density at radius 1 is 1.20 bits per heavy atom. The van der Waals surface area contributed by atoms with Crippen molar-refractivity contribution in [1.29, 1.82) is 0 Å². The standard InChI is InChI=1S/C19H18O6/c1-8-19(2,3)14-12(24-8)7-10(20)13-15(21)9-5-6-11(23-4)16(22)17(9)25-18(13)14/h5-8,20,22H,1-4H3/t8-/m0/s1. The zero-order valence-corrected chi connectivity index (χ0v) is 14.3. The lowest BCUT2D eigenvalue weighted by Gasteiger charge is -2.22. The minimum absolute atomic E-state index is 0.0278. The summed E-state index contributed by atoms with van der Waals surface area (Å²) in [5.74, 6) is 0.230. The van der Waals surface area contributed by atoms with Gasteiger partial charge < -0.3 is 24.1 Å². The SMILES string of the molecule is COc1ccc2c(=O)c3c(O)cc4c(c3oc2c1O)C(C)(C)[C@H](C)O4. The van der Waals surface area contributed by atoms with Crippen LogP contribution in [0.15, 0.2) is 27.4 Å². The molecule has 3 aromatic rings. The van der Waals surface area contributed by atoms with Gasteiger partial charge in [0.25, 0.3) is 0 Å². The highest BCUT2D eigenvalue weighted by Crippen LogP contribution is 2.49. The Balaban J connectivity index is 2.25. The van der Waals surface area contributed by atoms with E-state index < -0.39 is 10.8 Å². The number of phenolic OH excluding ortho intramolecular Hbond substituents is 2. The van der Waals surface area contributed by atoms with Gasteiger partial charge in [-0.15, -0.1) is 0 Å². The van der Waals surface area contributed by atoms with E-state index in [2.05, 4.69) is 0 Å². The van der Waals surface area contributed by atoms with E-state index >= 15 is 0 Å². The molecule has 25 heavy (non-hydrogen) atoms. The molecule has 0 saturated carbocycles. The van der Waals surface area contributed by atoms with Crippen LogP contribution in [0.2, 0.25) is 0 Å². The smallest absolute Gasteiger partial charge is 0.204 e. The van der Waals surface area contributed by atoms with Crippen molar-refractivity contribution in [3.63, 3.8) is 0 Å². The van der Waals surface area contributed by atoms with Crippen LogP contribution >= 0.6 is 0 Å². The summed E-state index contributed by atoms with van der Waals surface area (Å²) in [6.07, 6.45) is -0.160. The third-order valence-corrected chi connectivity index (χ3v) is 5.18. The largest absolute Gasteiger partial charge is 0.507 e. The number of rotatable bonds is 1. The van der Waals surface area contributed by atoms with Crippen LogP contribution in [-0.2, 0) is 5.41 Å².